The maximum atomic E-state index is 13.2. The van der Waals surface area contributed by atoms with Crippen LogP contribution < -0.4 is 10.5 Å². The van der Waals surface area contributed by atoms with Crippen molar-refractivity contribution in [2.75, 3.05) is 12.8 Å². The normalized spacial score (nSPS) is 17.5. The first-order valence-corrected chi connectivity index (χ1v) is 11.3. The van der Waals surface area contributed by atoms with Crippen LogP contribution in [-0.2, 0) is 16.6 Å². The van der Waals surface area contributed by atoms with Crippen molar-refractivity contribution in [3.63, 3.8) is 0 Å². The number of benzene rings is 1. The molecule has 3 heterocycles. The predicted molar refractivity (Wildman–Crippen MR) is 111 cm³/mol. The molecule has 1 amide bonds. The van der Waals surface area contributed by atoms with Crippen LogP contribution in [0.1, 0.15) is 35.7 Å². The maximum Gasteiger partial charge on any atom is 0.256 e. The van der Waals surface area contributed by atoms with Crippen molar-refractivity contribution >= 4 is 27.4 Å². The van der Waals surface area contributed by atoms with Crippen molar-refractivity contribution in [3.05, 3.63) is 41.9 Å². The second-order valence-corrected chi connectivity index (χ2v) is 9.73. The first-order valence-electron chi connectivity index (χ1n) is 9.81. The molecule has 0 bridgehead atoms. The third-order valence-corrected chi connectivity index (χ3v) is 7.54. The molecule has 3 N–H and O–H groups in total. The van der Waals surface area contributed by atoms with E-state index in [9.17, 15) is 13.2 Å². The van der Waals surface area contributed by atoms with Gasteiger partial charge in [-0.25, -0.2) is 23.1 Å². The number of rotatable bonds is 5. The zero-order valence-corrected chi connectivity index (χ0v) is 17.5. The molecule has 1 fully saturated rings. The maximum absolute atomic E-state index is 13.2. The van der Waals surface area contributed by atoms with E-state index in [1.165, 1.54) is 13.1 Å². The number of anilines is 1. The van der Waals surface area contributed by atoms with Gasteiger partial charge in [0.05, 0.1) is 22.3 Å². The molecule has 1 unspecified atom stereocenters. The van der Waals surface area contributed by atoms with Crippen molar-refractivity contribution < 1.29 is 13.2 Å². The zero-order chi connectivity index (χ0) is 21.2. The second-order valence-electron chi connectivity index (χ2n) is 7.88. The van der Waals surface area contributed by atoms with Gasteiger partial charge in [-0.1, -0.05) is 0 Å². The van der Waals surface area contributed by atoms with Gasteiger partial charge in [0.15, 0.2) is 11.5 Å². The Kier molecular flexibility index (Phi) is 4.13. The molecule has 1 saturated carbocycles. The van der Waals surface area contributed by atoms with E-state index in [-0.39, 0.29) is 28.2 Å². The van der Waals surface area contributed by atoms with Crippen molar-refractivity contribution in [2.45, 2.75) is 37.2 Å². The van der Waals surface area contributed by atoms with E-state index in [1.54, 1.807) is 27.9 Å². The molecule has 1 aromatic carbocycles. The van der Waals surface area contributed by atoms with Gasteiger partial charge in [0.25, 0.3) is 5.91 Å². The molecule has 5 rings (SSSR count). The summed E-state index contributed by atoms with van der Waals surface area (Å²) in [5, 5.41) is 0. The van der Waals surface area contributed by atoms with Gasteiger partial charge >= 0.3 is 0 Å². The van der Waals surface area contributed by atoms with E-state index in [1.807, 2.05) is 13.0 Å². The third-order valence-electron chi connectivity index (χ3n) is 6.10. The number of nitrogen functional groups attached to an aromatic ring is 1. The zero-order valence-electron chi connectivity index (χ0n) is 16.7. The van der Waals surface area contributed by atoms with Crippen LogP contribution in [0.5, 0.6) is 0 Å². The van der Waals surface area contributed by atoms with Gasteiger partial charge in [-0.2, -0.15) is 0 Å². The average Bonchev–Trinajstić information content (AvgIpc) is 3.40. The molecule has 30 heavy (non-hydrogen) atoms. The molecule has 0 spiro atoms. The molecule has 1 atom stereocenters. The number of carbonyl (C=O) groups is 1. The number of hydrogen-bond donors (Lipinski definition) is 2. The molecule has 3 aromatic rings. The van der Waals surface area contributed by atoms with Crippen molar-refractivity contribution in [3.8, 4) is 11.3 Å². The van der Waals surface area contributed by atoms with Crippen LogP contribution in [0, 0.1) is 5.92 Å². The Bertz CT molecular complexity index is 1300. The number of sulfonamides is 1. The van der Waals surface area contributed by atoms with Crippen molar-refractivity contribution in [2.24, 2.45) is 5.92 Å². The first-order chi connectivity index (χ1) is 14.3. The van der Waals surface area contributed by atoms with Crippen molar-refractivity contribution in [1.82, 2.24) is 24.0 Å². The number of nitrogens with one attached hydrogen (secondary N) is 1. The van der Waals surface area contributed by atoms with E-state index < -0.39 is 10.0 Å². The minimum Gasteiger partial charge on any atom is -0.381 e. The number of imidazole rings is 1. The molecule has 9 nitrogen and oxygen atoms in total. The molecule has 1 aliphatic heterocycles. The van der Waals surface area contributed by atoms with Gasteiger partial charge in [0.1, 0.15) is 0 Å². The van der Waals surface area contributed by atoms with Gasteiger partial charge in [0, 0.05) is 30.5 Å². The van der Waals surface area contributed by atoms with Gasteiger partial charge < -0.3 is 10.6 Å². The Morgan fingerprint density at radius 3 is 2.73 bits per heavy atom. The van der Waals surface area contributed by atoms with Crippen LogP contribution in [0.2, 0.25) is 0 Å². The quantitative estimate of drug-likeness (QED) is 0.639. The summed E-state index contributed by atoms with van der Waals surface area (Å²) in [5.74, 6) is 0.547. The van der Waals surface area contributed by atoms with Gasteiger partial charge in [-0.3, -0.25) is 9.20 Å². The Labute approximate surface area is 174 Å². The van der Waals surface area contributed by atoms with Crippen LogP contribution >= 0.6 is 0 Å². The number of fused-ring (bicyclic) bond motifs is 2. The van der Waals surface area contributed by atoms with Gasteiger partial charge in [-0.05, 0) is 50.4 Å². The lowest BCUT2D eigenvalue weighted by Gasteiger charge is -2.24. The summed E-state index contributed by atoms with van der Waals surface area (Å²) in [7, 11) is -2.50. The molecule has 0 radical (unpaired) electrons. The van der Waals surface area contributed by atoms with E-state index in [2.05, 4.69) is 14.7 Å². The standard InChI is InChI=1S/C20H22N6O3S/c1-11(12-3-4-12)26-10-14-7-13(8-16(17(14)20(26)27)30(28,29)22-2)15-9-24-19-18(21)23-5-6-25(15)19/h5-9,11-12,22H,3-4,10H2,1-2H3,(H2,21,23). The molecular formula is C20H22N6O3S. The van der Waals surface area contributed by atoms with E-state index in [4.69, 9.17) is 5.73 Å². The highest BCUT2D eigenvalue weighted by atomic mass is 32.2. The summed E-state index contributed by atoms with van der Waals surface area (Å²) in [5.41, 5.74) is 8.69. The van der Waals surface area contributed by atoms with Crippen LogP contribution in [-0.4, -0.2) is 46.7 Å². The Morgan fingerprint density at radius 1 is 1.27 bits per heavy atom. The van der Waals surface area contributed by atoms with Crippen molar-refractivity contribution in [1.29, 1.82) is 0 Å². The Hall–Kier alpha value is -2.98. The number of hydrogen-bond acceptors (Lipinski definition) is 6. The highest BCUT2D eigenvalue weighted by Crippen LogP contribution is 2.40. The van der Waals surface area contributed by atoms with E-state index in [0.29, 0.717) is 34.9 Å². The van der Waals surface area contributed by atoms with Crippen LogP contribution in [0.4, 0.5) is 5.82 Å². The van der Waals surface area contributed by atoms with E-state index >= 15 is 0 Å². The van der Waals surface area contributed by atoms with E-state index in [0.717, 1.165) is 12.8 Å². The highest BCUT2D eigenvalue weighted by molar-refractivity contribution is 7.89. The number of nitrogens with two attached hydrogens (primary N) is 1. The summed E-state index contributed by atoms with van der Waals surface area (Å²) < 4.78 is 29.8. The largest absolute Gasteiger partial charge is 0.381 e. The summed E-state index contributed by atoms with van der Waals surface area (Å²) >= 11 is 0. The molecule has 10 heteroatoms. The third kappa shape index (κ3) is 2.78. The summed E-state index contributed by atoms with van der Waals surface area (Å²) in [4.78, 5) is 23.3. The minimum absolute atomic E-state index is 0.00928. The van der Waals surface area contributed by atoms with Crippen LogP contribution in [0.25, 0.3) is 16.9 Å². The average molecular weight is 427 g/mol. The van der Waals surface area contributed by atoms with Gasteiger partial charge in [0.2, 0.25) is 10.0 Å². The van der Waals surface area contributed by atoms with Crippen LogP contribution in [0.3, 0.4) is 0 Å². The summed E-state index contributed by atoms with van der Waals surface area (Å²) in [6, 6.07) is 3.50. The smallest absolute Gasteiger partial charge is 0.256 e. The molecule has 156 valence electrons. The fourth-order valence-electron chi connectivity index (χ4n) is 4.22. The fraction of sp³-hybridized carbons (Fsp3) is 0.350. The number of carbonyl (C=O) groups excluding carboxylic acids is 1. The Morgan fingerprint density at radius 2 is 2.03 bits per heavy atom. The number of nitrogens with zero attached hydrogens (tertiary/aromatic N) is 4. The predicted octanol–water partition coefficient (Wildman–Crippen LogP) is 1.64. The number of aromatic nitrogens is 3. The van der Waals surface area contributed by atoms with Crippen LogP contribution in [0.15, 0.2) is 35.6 Å². The monoisotopic (exact) mass is 426 g/mol. The molecule has 0 saturated heterocycles. The SMILES string of the molecule is CNS(=O)(=O)c1cc(-c2cnc3c(N)nccn23)cc2c1C(=O)N(C(C)C1CC1)C2. The lowest BCUT2D eigenvalue weighted by Crippen LogP contribution is -2.35. The summed E-state index contributed by atoms with van der Waals surface area (Å²) in [6.07, 6.45) is 7.12. The molecule has 2 aromatic heterocycles. The second kappa shape index (κ2) is 6.51. The lowest BCUT2D eigenvalue weighted by molar-refractivity contribution is 0.0694. The molecule has 1 aliphatic carbocycles. The minimum atomic E-state index is -3.85. The molecule has 2 aliphatic rings. The Balaban J connectivity index is 1.70. The van der Waals surface area contributed by atoms with Gasteiger partial charge in [-0.15, -0.1) is 0 Å². The fourth-order valence-corrected chi connectivity index (χ4v) is 5.21. The topological polar surface area (TPSA) is 123 Å². The summed E-state index contributed by atoms with van der Waals surface area (Å²) in [6.45, 7) is 2.43. The first kappa shape index (κ1) is 19.0. The molecular weight excluding hydrogens is 404 g/mol. The lowest BCUT2D eigenvalue weighted by atomic mass is 10.0. The number of amides is 1. The highest BCUT2D eigenvalue weighted by Gasteiger charge is 2.41.